The molecule has 0 bridgehead atoms. The van der Waals surface area contributed by atoms with E-state index in [9.17, 15) is 0 Å². The summed E-state index contributed by atoms with van der Waals surface area (Å²) in [7, 11) is 0. The molecular formula is C18H31N. The van der Waals surface area contributed by atoms with Crippen molar-refractivity contribution in [2.45, 2.75) is 71.8 Å². The third-order valence-corrected chi connectivity index (χ3v) is 3.92. The van der Waals surface area contributed by atoms with E-state index < -0.39 is 0 Å². The summed E-state index contributed by atoms with van der Waals surface area (Å²) < 4.78 is 0. The van der Waals surface area contributed by atoms with E-state index in [0.717, 1.165) is 13.0 Å². The molecule has 1 N–H and O–H groups in total. The predicted octanol–water partition coefficient (Wildman–Crippen LogP) is 4.91. The molecule has 1 nitrogen and oxygen atoms in total. The highest BCUT2D eigenvalue weighted by molar-refractivity contribution is 5.26. The average molecular weight is 261 g/mol. The molecule has 0 spiro atoms. The van der Waals surface area contributed by atoms with Crippen molar-refractivity contribution in [3.8, 4) is 0 Å². The van der Waals surface area contributed by atoms with Crippen molar-refractivity contribution in [3.05, 3.63) is 35.4 Å². The Labute approximate surface area is 119 Å². The minimum atomic E-state index is 0.600. The maximum Gasteiger partial charge on any atom is 0.00671 e. The Morgan fingerprint density at radius 2 is 1.74 bits per heavy atom. The summed E-state index contributed by atoms with van der Waals surface area (Å²) >= 11 is 0. The van der Waals surface area contributed by atoms with Crippen molar-refractivity contribution >= 4 is 0 Å². The highest BCUT2D eigenvalue weighted by Crippen LogP contribution is 2.17. The molecule has 0 aliphatic heterocycles. The Kier molecular flexibility index (Phi) is 7.81. The van der Waals surface area contributed by atoms with Gasteiger partial charge in [0.1, 0.15) is 0 Å². The van der Waals surface area contributed by atoms with Gasteiger partial charge in [-0.25, -0.2) is 0 Å². The molecule has 1 rings (SSSR count). The molecule has 0 amide bonds. The van der Waals surface area contributed by atoms with Crippen LogP contribution < -0.4 is 5.32 Å². The summed E-state index contributed by atoms with van der Waals surface area (Å²) in [5, 5.41) is 3.76. The first-order valence-corrected chi connectivity index (χ1v) is 8.03. The molecule has 1 aromatic rings. The van der Waals surface area contributed by atoms with E-state index >= 15 is 0 Å². The first kappa shape index (κ1) is 16.2. The minimum Gasteiger partial charge on any atom is -0.313 e. The second kappa shape index (κ2) is 9.14. The highest BCUT2D eigenvalue weighted by Gasteiger charge is 2.10. The van der Waals surface area contributed by atoms with Gasteiger partial charge in [-0.2, -0.15) is 0 Å². The maximum atomic E-state index is 3.76. The van der Waals surface area contributed by atoms with Crippen molar-refractivity contribution < 1.29 is 0 Å². The zero-order chi connectivity index (χ0) is 14.1. The fourth-order valence-corrected chi connectivity index (χ4v) is 2.63. The minimum absolute atomic E-state index is 0.600. The number of hydrogen-bond acceptors (Lipinski definition) is 1. The maximum absolute atomic E-state index is 3.76. The van der Waals surface area contributed by atoms with Crippen molar-refractivity contribution in [2.75, 3.05) is 6.54 Å². The van der Waals surface area contributed by atoms with Crippen LogP contribution in [-0.2, 0) is 6.42 Å². The van der Waals surface area contributed by atoms with Crippen molar-refractivity contribution in [3.63, 3.8) is 0 Å². The molecule has 19 heavy (non-hydrogen) atoms. The van der Waals surface area contributed by atoms with Crippen molar-refractivity contribution in [2.24, 2.45) is 0 Å². The number of benzene rings is 1. The lowest BCUT2D eigenvalue weighted by Gasteiger charge is -2.21. The van der Waals surface area contributed by atoms with Crippen LogP contribution in [0.1, 0.15) is 70.4 Å². The van der Waals surface area contributed by atoms with E-state index in [-0.39, 0.29) is 0 Å². The lowest BCUT2D eigenvalue weighted by atomic mass is 9.97. The van der Waals surface area contributed by atoms with Gasteiger partial charge >= 0.3 is 0 Å². The molecule has 0 saturated heterocycles. The smallest absolute Gasteiger partial charge is 0.00671 e. The summed E-state index contributed by atoms with van der Waals surface area (Å²) in [6, 6.07) is 9.74. The average Bonchev–Trinajstić information content (AvgIpc) is 2.45. The van der Waals surface area contributed by atoms with E-state index in [1.807, 2.05) is 0 Å². The largest absolute Gasteiger partial charge is 0.313 e. The van der Waals surface area contributed by atoms with E-state index in [0.29, 0.717) is 12.0 Å². The molecule has 1 unspecified atom stereocenters. The van der Waals surface area contributed by atoms with Gasteiger partial charge in [-0.3, -0.25) is 0 Å². The monoisotopic (exact) mass is 261 g/mol. The Hall–Kier alpha value is -0.820. The summed E-state index contributed by atoms with van der Waals surface area (Å²) in [6.45, 7) is 10.2. The molecule has 0 aliphatic rings. The fraction of sp³-hybridized carbons (Fsp3) is 0.667. The summed E-state index contributed by atoms with van der Waals surface area (Å²) in [6.07, 6.45) is 6.28. The van der Waals surface area contributed by atoms with Crippen LogP contribution in [0.25, 0.3) is 0 Å². The van der Waals surface area contributed by atoms with Crippen LogP contribution >= 0.6 is 0 Å². The molecule has 0 heterocycles. The zero-order valence-corrected chi connectivity index (χ0v) is 13.2. The Morgan fingerprint density at radius 3 is 2.32 bits per heavy atom. The van der Waals surface area contributed by atoms with Gasteiger partial charge in [0, 0.05) is 12.6 Å². The molecule has 1 aromatic carbocycles. The van der Waals surface area contributed by atoms with Gasteiger partial charge in [-0.1, -0.05) is 64.8 Å². The van der Waals surface area contributed by atoms with Gasteiger partial charge in [0.05, 0.1) is 0 Å². The summed E-state index contributed by atoms with van der Waals surface area (Å²) in [4.78, 5) is 0. The SMILES string of the molecule is CCCC(CCC)NCC(C)c1cccc(CC)c1. The Bertz CT molecular complexity index is 339. The van der Waals surface area contributed by atoms with Crippen LogP contribution in [0.5, 0.6) is 0 Å². The third kappa shape index (κ3) is 5.78. The number of nitrogens with one attached hydrogen (secondary N) is 1. The van der Waals surface area contributed by atoms with E-state index in [4.69, 9.17) is 0 Å². The van der Waals surface area contributed by atoms with Gasteiger partial charge in [0.25, 0.3) is 0 Å². The van der Waals surface area contributed by atoms with Gasteiger partial charge in [-0.15, -0.1) is 0 Å². The molecule has 0 saturated carbocycles. The van der Waals surface area contributed by atoms with Crippen LogP contribution in [-0.4, -0.2) is 12.6 Å². The number of aryl methyl sites for hydroxylation is 1. The molecule has 1 heteroatoms. The standard InChI is InChI=1S/C18H31N/c1-5-9-18(10-6-2)19-14-15(4)17-12-8-11-16(7-3)13-17/h8,11-13,15,18-19H,5-7,9-10,14H2,1-4H3. The van der Waals surface area contributed by atoms with Gasteiger partial charge in [-0.05, 0) is 36.3 Å². The highest BCUT2D eigenvalue weighted by atomic mass is 14.9. The van der Waals surface area contributed by atoms with Gasteiger partial charge in [0.15, 0.2) is 0 Å². The van der Waals surface area contributed by atoms with Gasteiger partial charge < -0.3 is 5.32 Å². The Balaban J connectivity index is 2.50. The summed E-state index contributed by atoms with van der Waals surface area (Å²) in [5.41, 5.74) is 2.92. The molecule has 108 valence electrons. The quantitative estimate of drug-likeness (QED) is 0.666. The van der Waals surface area contributed by atoms with E-state index in [1.165, 1.54) is 36.8 Å². The molecule has 0 fully saturated rings. The lowest BCUT2D eigenvalue weighted by Crippen LogP contribution is -2.32. The molecule has 1 atom stereocenters. The molecular weight excluding hydrogens is 230 g/mol. The van der Waals surface area contributed by atoms with Crippen LogP contribution in [0.3, 0.4) is 0 Å². The van der Waals surface area contributed by atoms with E-state index in [2.05, 4.69) is 57.3 Å². The zero-order valence-electron chi connectivity index (χ0n) is 13.2. The molecule has 0 radical (unpaired) electrons. The first-order valence-electron chi connectivity index (χ1n) is 8.03. The first-order chi connectivity index (χ1) is 9.21. The van der Waals surface area contributed by atoms with E-state index in [1.54, 1.807) is 0 Å². The van der Waals surface area contributed by atoms with Crippen molar-refractivity contribution in [1.82, 2.24) is 5.32 Å². The predicted molar refractivity (Wildman–Crippen MR) is 85.8 cm³/mol. The second-order valence-corrected chi connectivity index (χ2v) is 5.68. The normalized spacial score (nSPS) is 12.9. The lowest BCUT2D eigenvalue weighted by molar-refractivity contribution is 0.432. The van der Waals surface area contributed by atoms with Crippen LogP contribution in [0.2, 0.25) is 0 Å². The topological polar surface area (TPSA) is 12.0 Å². The van der Waals surface area contributed by atoms with Crippen LogP contribution in [0.15, 0.2) is 24.3 Å². The number of rotatable bonds is 9. The van der Waals surface area contributed by atoms with Crippen LogP contribution in [0, 0.1) is 0 Å². The molecule has 0 aromatic heterocycles. The summed E-state index contributed by atoms with van der Waals surface area (Å²) in [5.74, 6) is 0.600. The third-order valence-electron chi connectivity index (χ3n) is 3.92. The molecule has 0 aliphatic carbocycles. The van der Waals surface area contributed by atoms with Crippen LogP contribution in [0.4, 0.5) is 0 Å². The van der Waals surface area contributed by atoms with Crippen molar-refractivity contribution in [1.29, 1.82) is 0 Å². The fourth-order valence-electron chi connectivity index (χ4n) is 2.63. The Morgan fingerprint density at radius 1 is 1.05 bits per heavy atom. The number of hydrogen-bond donors (Lipinski definition) is 1. The van der Waals surface area contributed by atoms with Gasteiger partial charge in [0.2, 0.25) is 0 Å². The second-order valence-electron chi connectivity index (χ2n) is 5.68.